The number of anilines is 1. The first-order valence-corrected chi connectivity index (χ1v) is 8.57. The highest BCUT2D eigenvalue weighted by Crippen LogP contribution is 2.22. The number of aromatic nitrogens is 3. The van der Waals surface area contributed by atoms with Crippen LogP contribution in [0.25, 0.3) is 0 Å². The second-order valence-electron chi connectivity index (χ2n) is 5.23. The largest absolute Gasteiger partial charge is 0.325 e. The molecule has 2 aromatic rings. The number of carbonyl (C=O) groups excluding carboxylic acids is 1. The zero-order valence-corrected chi connectivity index (χ0v) is 14.6. The average molecular weight is 330 g/mol. The van der Waals surface area contributed by atoms with Gasteiger partial charge in [-0.25, -0.2) is 0 Å². The molecule has 0 atom stereocenters. The fourth-order valence-corrected chi connectivity index (χ4v) is 3.11. The molecule has 0 saturated carbocycles. The van der Waals surface area contributed by atoms with Gasteiger partial charge in [-0.05, 0) is 31.4 Å². The number of benzene rings is 1. The average Bonchev–Trinajstić information content (AvgIpc) is 2.88. The second-order valence-corrected chi connectivity index (χ2v) is 6.17. The number of allylic oxidation sites excluding steroid dienone is 1. The summed E-state index contributed by atoms with van der Waals surface area (Å²) in [5, 5.41) is 11.9. The Hall–Kier alpha value is -2.08. The Labute approximate surface area is 141 Å². The van der Waals surface area contributed by atoms with Gasteiger partial charge in [0.05, 0.1) is 5.75 Å². The second kappa shape index (κ2) is 7.97. The van der Waals surface area contributed by atoms with Crippen molar-refractivity contribution < 1.29 is 4.79 Å². The highest BCUT2D eigenvalue weighted by Gasteiger charge is 2.13. The summed E-state index contributed by atoms with van der Waals surface area (Å²) in [5.41, 5.74) is 3.15. The molecule has 0 saturated heterocycles. The molecule has 0 bridgehead atoms. The van der Waals surface area contributed by atoms with Crippen molar-refractivity contribution in [3.05, 3.63) is 47.8 Å². The minimum atomic E-state index is -0.0372. The van der Waals surface area contributed by atoms with Gasteiger partial charge >= 0.3 is 0 Å². The molecule has 0 aliphatic carbocycles. The zero-order valence-electron chi connectivity index (χ0n) is 13.8. The lowest BCUT2D eigenvalue weighted by Gasteiger charge is -2.12. The molecule has 1 aromatic heterocycles. The van der Waals surface area contributed by atoms with Crippen molar-refractivity contribution in [2.24, 2.45) is 0 Å². The van der Waals surface area contributed by atoms with Crippen molar-refractivity contribution in [2.75, 3.05) is 11.1 Å². The van der Waals surface area contributed by atoms with E-state index >= 15 is 0 Å². The summed E-state index contributed by atoms with van der Waals surface area (Å²) in [7, 11) is 0. The third kappa shape index (κ3) is 4.22. The van der Waals surface area contributed by atoms with Crippen LogP contribution < -0.4 is 5.32 Å². The van der Waals surface area contributed by atoms with Crippen molar-refractivity contribution in [2.45, 2.75) is 38.9 Å². The highest BCUT2D eigenvalue weighted by atomic mass is 32.2. The molecule has 1 N–H and O–H groups in total. The smallest absolute Gasteiger partial charge is 0.234 e. The number of thioether (sulfide) groups is 1. The Kier molecular flexibility index (Phi) is 5.98. The lowest BCUT2D eigenvalue weighted by atomic mass is 10.1. The summed E-state index contributed by atoms with van der Waals surface area (Å²) in [4.78, 5) is 12.3. The molecule has 0 aliphatic rings. The monoisotopic (exact) mass is 330 g/mol. The molecule has 0 radical (unpaired) electrons. The van der Waals surface area contributed by atoms with E-state index in [0.29, 0.717) is 12.3 Å². The number of hydrogen-bond acceptors (Lipinski definition) is 4. The molecular formula is C17H22N4OS. The third-order valence-corrected chi connectivity index (χ3v) is 4.52. The maximum atomic E-state index is 12.3. The molecule has 0 spiro atoms. The van der Waals surface area contributed by atoms with Gasteiger partial charge in [-0.2, -0.15) is 0 Å². The summed E-state index contributed by atoms with van der Waals surface area (Å²) in [5.74, 6) is 1.08. The minimum Gasteiger partial charge on any atom is -0.325 e. The van der Waals surface area contributed by atoms with E-state index in [9.17, 15) is 4.79 Å². The summed E-state index contributed by atoms with van der Waals surface area (Å²) in [6.07, 6.45) is 2.68. The predicted octanol–water partition coefficient (Wildman–Crippen LogP) is 3.37. The number of para-hydroxylation sites is 1. The quantitative estimate of drug-likeness (QED) is 0.624. The number of rotatable bonds is 7. The summed E-state index contributed by atoms with van der Waals surface area (Å²) < 4.78 is 1.94. The molecule has 0 aliphatic heterocycles. The topological polar surface area (TPSA) is 59.8 Å². The van der Waals surface area contributed by atoms with Crippen molar-refractivity contribution in [1.29, 1.82) is 0 Å². The number of carbonyl (C=O) groups is 1. The minimum absolute atomic E-state index is 0.0372. The van der Waals surface area contributed by atoms with Crippen molar-refractivity contribution >= 4 is 23.4 Å². The Morgan fingerprint density at radius 3 is 2.87 bits per heavy atom. The molecule has 5 nitrogen and oxygen atoms in total. The highest BCUT2D eigenvalue weighted by molar-refractivity contribution is 7.99. The van der Waals surface area contributed by atoms with Crippen LogP contribution in [0.5, 0.6) is 0 Å². The molecule has 6 heteroatoms. The Morgan fingerprint density at radius 2 is 2.17 bits per heavy atom. The van der Waals surface area contributed by atoms with Crippen molar-refractivity contribution in [1.82, 2.24) is 14.8 Å². The summed E-state index contributed by atoms with van der Waals surface area (Å²) >= 11 is 1.38. The van der Waals surface area contributed by atoms with Crippen LogP contribution in [0.3, 0.4) is 0 Å². The van der Waals surface area contributed by atoms with Gasteiger partial charge < -0.3 is 9.88 Å². The van der Waals surface area contributed by atoms with Gasteiger partial charge in [-0.15, -0.1) is 16.8 Å². The van der Waals surface area contributed by atoms with Crippen LogP contribution in [-0.4, -0.2) is 26.4 Å². The Balaban J connectivity index is 2.03. The van der Waals surface area contributed by atoms with Crippen LogP contribution >= 0.6 is 11.8 Å². The van der Waals surface area contributed by atoms with E-state index in [0.717, 1.165) is 34.2 Å². The fourth-order valence-electron chi connectivity index (χ4n) is 2.32. The fraction of sp³-hybridized carbons (Fsp3) is 0.353. The molecule has 1 aromatic carbocycles. The standard InChI is InChI=1S/C17H22N4OS/c1-5-10-21-13(4)19-20-17(21)23-11-15(22)18-16-12(3)8-7-9-14(16)6-2/h5,7-9H,1,6,10-11H2,2-4H3,(H,18,22). The molecule has 122 valence electrons. The summed E-state index contributed by atoms with van der Waals surface area (Å²) in [6, 6.07) is 6.06. The lowest BCUT2D eigenvalue weighted by molar-refractivity contribution is -0.113. The molecular weight excluding hydrogens is 308 g/mol. The molecule has 2 rings (SSSR count). The molecule has 1 amide bonds. The van der Waals surface area contributed by atoms with Gasteiger partial charge in [0.15, 0.2) is 5.16 Å². The van der Waals surface area contributed by atoms with Crippen LogP contribution in [0, 0.1) is 13.8 Å². The van der Waals surface area contributed by atoms with Crippen LogP contribution in [0.4, 0.5) is 5.69 Å². The van der Waals surface area contributed by atoms with Gasteiger partial charge in [0, 0.05) is 12.2 Å². The van der Waals surface area contributed by atoms with Crippen LogP contribution in [0.1, 0.15) is 23.9 Å². The molecule has 0 unspecified atom stereocenters. The van der Waals surface area contributed by atoms with Crippen LogP contribution in [-0.2, 0) is 17.8 Å². The van der Waals surface area contributed by atoms with Gasteiger partial charge in [-0.1, -0.05) is 43.0 Å². The number of amides is 1. The van der Waals surface area contributed by atoms with E-state index < -0.39 is 0 Å². The van der Waals surface area contributed by atoms with E-state index in [1.54, 1.807) is 6.08 Å². The lowest BCUT2D eigenvalue weighted by Crippen LogP contribution is -2.16. The van der Waals surface area contributed by atoms with Gasteiger partial charge in [0.2, 0.25) is 5.91 Å². The molecule has 0 fully saturated rings. The van der Waals surface area contributed by atoms with Crippen LogP contribution in [0.15, 0.2) is 36.0 Å². The van der Waals surface area contributed by atoms with E-state index in [-0.39, 0.29) is 5.91 Å². The first kappa shape index (κ1) is 17.3. The Morgan fingerprint density at radius 1 is 1.39 bits per heavy atom. The van der Waals surface area contributed by atoms with E-state index in [2.05, 4.69) is 29.0 Å². The third-order valence-electron chi connectivity index (χ3n) is 3.55. The van der Waals surface area contributed by atoms with E-state index in [1.165, 1.54) is 11.8 Å². The number of nitrogens with one attached hydrogen (secondary N) is 1. The maximum Gasteiger partial charge on any atom is 0.234 e. The normalized spacial score (nSPS) is 10.6. The van der Waals surface area contributed by atoms with Crippen molar-refractivity contribution in [3.8, 4) is 0 Å². The zero-order chi connectivity index (χ0) is 16.8. The SMILES string of the molecule is C=CCn1c(C)nnc1SCC(=O)Nc1c(C)cccc1CC. The number of aryl methyl sites for hydroxylation is 3. The van der Waals surface area contributed by atoms with E-state index in [1.807, 2.05) is 36.6 Å². The van der Waals surface area contributed by atoms with Crippen molar-refractivity contribution in [3.63, 3.8) is 0 Å². The Bertz CT molecular complexity index is 709. The van der Waals surface area contributed by atoms with Crippen LogP contribution in [0.2, 0.25) is 0 Å². The number of hydrogen-bond donors (Lipinski definition) is 1. The molecule has 23 heavy (non-hydrogen) atoms. The predicted molar refractivity (Wildman–Crippen MR) is 94.9 cm³/mol. The number of nitrogens with zero attached hydrogens (tertiary/aromatic N) is 3. The van der Waals surface area contributed by atoms with Gasteiger partial charge in [0.1, 0.15) is 5.82 Å². The summed E-state index contributed by atoms with van der Waals surface area (Å²) in [6.45, 7) is 10.4. The first-order chi connectivity index (χ1) is 11.1. The first-order valence-electron chi connectivity index (χ1n) is 7.58. The van der Waals surface area contributed by atoms with Gasteiger partial charge in [0.25, 0.3) is 0 Å². The molecule has 1 heterocycles. The van der Waals surface area contributed by atoms with Gasteiger partial charge in [-0.3, -0.25) is 4.79 Å². The maximum absolute atomic E-state index is 12.3. The van der Waals surface area contributed by atoms with E-state index in [4.69, 9.17) is 0 Å².